The van der Waals surface area contributed by atoms with Gasteiger partial charge in [-0.05, 0) is 29.8 Å². The van der Waals surface area contributed by atoms with Gasteiger partial charge in [-0.1, -0.05) is 35.9 Å². The quantitative estimate of drug-likeness (QED) is 0.616. The minimum absolute atomic E-state index is 0.111. The molecule has 3 rings (SSSR count). The van der Waals surface area contributed by atoms with Crippen molar-refractivity contribution < 1.29 is 9.18 Å². The van der Waals surface area contributed by atoms with Crippen molar-refractivity contribution >= 4 is 34.8 Å². The Bertz CT molecular complexity index is 921. The smallest absolute Gasteiger partial charge is 0.323 e. The molecule has 0 spiro atoms. The number of carbonyl (C=O) groups is 1. The molecule has 3 N–H and O–H groups in total. The van der Waals surface area contributed by atoms with Gasteiger partial charge in [0.15, 0.2) is 11.0 Å². The van der Waals surface area contributed by atoms with Crippen molar-refractivity contribution in [3.63, 3.8) is 0 Å². The summed E-state index contributed by atoms with van der Waals surface area (Å²) < 4.78 is 13.6. The molecule has 1 aromatic heterocycles. The third kappa shape index (κ3) is 4.67. The summed E-state index contributed by atoms with van der Waals surface area (Å²) in [6.45, 7) is 0.447. The Hall–Kier alpha value is -3.19. The number of hydrogen-bond donors (Lipinski definition) is 3. The Kier molecular flexibility index (Phi) is 5.60. The number of nitrogens with one attached hydrogen (secondary N) is 3. The lowest BCUT2D eigenvalue weighted by Gasteiger charge is -2.10. The van der Waals surface area contributed by atoms with Gasteiger partial charge in [-0.3, -0.25) is 0 Å². The first-order valence-corrected chi connectivity index (χ1v) is 8.11. The fourth-order valence-electron chi connectivity index (χ4n) is 2.23. The van der Waals surface area contributed by atoms with Crippen LogP contribution >= 0.6 is 11.6 Å². The zero-order valence-corrected chi connectivity index (χ0v) is 14.3. The minimum Gasteiger partial charge on any atom is -0.363 e. The molecular weight excluding hydrogens is 357 g/mol. The second-order valence-corrected chi connectivity index (χ2v) is 5.67. The molecule has 8 heteroatoms. The average Bonchev–Trinajstić information content (AvgIpc) is 2.63. The first-order chi connectivity index (χ1) is 12.6. The average molecular weight is 372 g/mol. The number of carbonyl (C=O) groups excluding carboxylic acids is 1. The van der Waals surface area contributed by atoms with E-state index in [0.717, 1.165) is 5.56 Å². The summed E-state index contributed by atoms with van der Waals surface area (Å²) in [4.78, 5) is 20.1. The Morgan fingerprint density at radius 2 is 1.85 bits per heavy atom. The monoisotopic (exact) mass is 371 g/mol. The largest absolute Gasteiger partial charge is 0.363 e. The predicted molar refractivity (Wildman–Crippen MR) is 99.9 cm³/mol. The van der Waals surface area contributed by atoms with Crippen LogP contribution in [0.1, 0.15) is 5.56 Å². The molecule has 132 valence electrons. The summed E-state index contributed by atoms with van der Waals surface area (Å²) in [5.41, 5.74) is 1.58. The molecule has 0 bridgehead atoms. The lowest BCUT2D eigenvalue weighted by Crippen LogP contribution is -2.20. The fourth-order valence-corrected chi connectivity index (χ4v) is 2.40. The maximum absolute atomic E-state index is 13.6. The summed E-state index contributed by atoms with van der Waals surface area (Å²) in [5, 5.41) is 8.49. The molecular formula is C18H15ClFN5O. The van der Waals surface area contributed by atoms with Crippen LogP contribution in [0.15, 0.2) is 60.9 Å². The molecule has 2 aromatic carbocycles. The van der Waals surface area contributed by atoms with Gasteiger partial charge in [0.1, 0.15) is 5.82 Å². The van der Waals surface area contributed by atoms with E-state index in [2.05, 4.69) is 25.9 Å². The van der Waals surface area contributed by atoms with Gasteiger partial charge in [-0.2, -0.15) is 0 Å². The normalized spacial score (nSPS) is 10.2. The third-order valence-corrected chi connectivity index (χ3v) is 3.70. The number of aromatic nitrogens is 2. The van der Waals surface area contributed by atoms with Crippen molar-refractivity contribution in [3.8, 4) is 0 Å². The van der Waals surface area contributed by atoms with E-state index in [1.807, 2.05) is 6.07 Å². The first kappa shape index (κ1) is 17.6. The van der Waals surface area contributed by atoms with Gasteiger partial charge in [0, 0.05) is 24.6 Å². The Labute approximate surface area is 154 Å². The predicted octanol–water partition coefficient (Wildman–Crippen LogP) is 4.53. The van der Waals surface area contributed by atoms with Crippen LogP contribution in [0.4, 0.5) is 26.4 Å². The van der Waals surface area contributed by atoms with Crippen molar-refractivity contribution in [2.75, 3.05) is 16.0 Å². The maximum Gasteiger partial charge on any atom is 0.323 e. The van der Waals surface area contributed by atoms with E-state index in [1.54, 1.807) is 36.5 Å². The molecule has 0 fully saturated rings. The van der Waals surface area contributed by atoms with E-state index in [4.69, 9.17) is 11.6 Å². The standard InChI is InChI=1S/C18H15ClFN5O/c19-16-17(22-9-8-21-16)23-11-12-4-3-5-13(10-12)24-18(26)25-15-7-2-1-6-14(15)20/h1-10H,11H2,(H,22,23)(H2,24,25,26). The number of urea groups is 1. The molecule has 0 atom stereocenters. The Morgan fingerprint density at radius 3 is 2.65 bits per heavy atom. The van der Waals surface area contributed by atoms with Crippen LogP contribution in [0.5, 0.6) is 0 Å². The number of amides is 2. The van der Waals surface area contributed by atoms with Crippen LogP contribution < -0.4 is 16.0 Å². The molecule has 6 nitrogen and oxygen atoms in total. The van der Waals surface area contributed by atoms with Crippen LogP contribution in [-0.4, -0.2) is 16.0 Å². The third-order valence-electron chi connectivity index (χ3n) is 3.42. The highest BCUT2D eigenvalue weighted by atomic mass is 35.5. The molecule has 3 aromatic rings. The van der Waals surface area contributed by atoms with Crippen LogP contribution in [0.3, 0.4) is 0 Å². The van der Waals surface area contributed by atoms with Gasteiger partial charge < -0.3 is 16.0 Å². The van der Waals surface area contributed by atoms with E-state index in [9.17, 15) is 9.18 Å². The molecule has 0 aliphatic carbocycles. The van der Waals surface area contributed by atoms with Crippen molar-refractivity contribution in [1.29, 1.82) is 0 Å². The highest BCUT2D eigenvalue weighted by Crippen LogP contribution is 2.17. The second-order valence-electron chi connectivity index (χ2n) is 5.31. The van der Waals surface area contributed by atoms with E-state index in [1.165, 1.54) is 18.3 Å². The van der Waals surface area contributed by atoms with Gasteiger partial charge >= 0.3 is 6.03 Å². The molecule has 0 saturated heterocycles. The molecule has 0 aliphatic rings. The van der Waals surface area contributed by atoms with Crippen molar-refractivity contribution in [2.45, 2.75) is 6.54 Å². The first-order valence-electron chi connectivity index (χ1n) is 7.73. The van der Waals surface area contributed by atoms with Crippen LogP contribution in [0, 0.1) is 5.82 Å². The minimum atomic E-state index is -0.530. The summed E-state index contributed by atoms with van der Waals surface area (Å²) in [6.07, 6.45) is 3.05. The maximum atomic E-state index is 13.6. The summed E-state index contributed by atoms with van der Waals surface area (Å²) >= 11 is 5.95. The van der Waals surface area contributed by atoms with E-state index in [-0.39, 0.29) is 10.8 Å². The lowest BCUT2D eigenvalue weighted by molar-refractivity contribution is 0.262. The van der Waals surface area contributed by atoms with Gasteiger partial charge in [0.2, 0.25) is 0 Å². The van der Waals surface area contributed by atoms with Crippen LogP contribution in [0.25, 0.3) is 0 Å². The van der Waals surface area contributed by atoms with E-state index < -0.39 is 11.8 Å². The number of anilines is 3. The molecule has 26 heavy (non-hydrogen) atoms. The number of para-hydroxylation sites is 1. The molecule has 0 radical (unpaired) electrons. The van der Waals surface area contributed by atoms with Crippen LogP contribution in [0.2, 0.25) is 5.15 Å². The summed E-state index contributed by atoms with van der Waals surface area (Å²) in [7, 11) is 0. The number of hydrogen-bond acceptors (Lipinski definition) is 4. The summed E-state index contributed by atoms with van der Waals surface area (Å²) in [6, 6.07) is 12.6. The van der Waals surface area contributed by atoms with Crippen molar-refractivity contribution in [1.82, 2.24) is 9.97 Å². The Balaban J connectivity index is 1.61. The SMILES string of the molecule is O=C(Nc1cccc(CNc2nccnc2Cl)c1)Nc1ccccc1F. The fraction of sp³-hybridized carbons (Fsp3) is 0.0556. The molecule has 1 heterocycles. The van der Waals surface area contributed by atoms with Crippen molar-refractivity contribution in [3.05, 3.63) is 77.5 Å². The number of benzene rings is 2. The van der Waals surface area contributed by atoms with Crippen molar-refractivity contribution in [2.24, 2.45) is 0 Å². The van der Waals surface area contributed by atoms with E-state index >= 15 is 0 Å². The van der Waals surface area contributed by atoms with Gasteiger partial charge in [-0.25, -0.2) is 19.2 Å². The number of halogens is 2. The highest BCUT2D eigenvalue weighted by Gasteiger charge is 2.07. The van der Waals surface area contributed by atoms with Gasteiger partial charge in [-0.15, -0.1) is 0 Å². The lowest BCUT2D eigenvalue weighted by atomic mass is 10.2. The van der Waals surface area contributed by atoms with Gasteiger partial charge in [0.25, 0.3) is 0 Å². The molecule has 0 aliphatic heterocycles. The highest BCUT2D eigenvalue weighted by molar-refractivity contribution is 6.31. The summed E-state index contributed by atoms with van der Waals surface area (Å²) in [5.74, 6) is -0.0220. The zero-order valence-electron chi connectivity index (χ0n) is 13.5. The van der Waals surface area contributed by atoms with Crippen LogP contribution in [-0.2, 0) is 6.54 Å². The second kappa shape index (κ2) is 8.26. The molecule has 0 saturated carbocycles. The topological polar surface area (TPSA) is 78.9 Å². The molecule has 0 unspecified atom stereocenters. The van der Waals surface area contributed by atoms with Gasteiger partial charge in [0.05, 0.1) is 5.69 Å². The number of nitrogens with zero attached hydrogens (tertiary/aromatic N) is 2. The Morgan fingerprint density at radius 1 is 1.04 bits per heavy atom. The molecule has 2 amide bonds. The zero-order chi connectivity index (χ0) is 18.4. The van der Waals surface area contributed by atoms with E-state index in [0.29, 0.717) is 18.1 Å². The number of rotatable bonds is 5.